The molecule has 5 N–H and O–H groups in total. The lowest BCUT2D eigenvalue weighted by Gasteiger charge is -2.34. The molecule has 2 unspecified atom stereocenters. The maximum atomic E-state index is 6.93. The molecule has 188 valence electrons. The maximum absolute atomic E-state index is 6.93. The average Bonchev–Trinajstić information content (AvgIpc) is 2.83. The Morgan fingerprint density at radius 3 is 2.47 bits per heavy atom. The van der Waals surface area contributed by atoms with E-state index in [1.807, 2.05) is 19.1 Å². The zero-order valence-electron chi connectivity index (χ0n) is 22.0. The number of para-hydroxylation sites is 1. The first-order valence-corrected chi connectivity index (χ1v) is 13.5. The summed E-state index contributed by atoms with van der Waals surface area (Å²) in [5, 5.41) is 3.73. The standard InChI is InChI=1S/C31H39N5/c1-21-10-6-5-9-13-31(33,20-21)14-15-34-26-19-30-28(17-23(26)3)35-27-16-22(2)25(32)18-29(27)36(30)24-11-7-4-8-12-24/h4,7-8,11-12,16-19,21H,5-6,9-10,13-15,20,33H2,1-3H3,(H2,32,34)/p+1. The molecule has 4 aromatic rings. The Balaban J connectivity index is 1.52. The molecule has 1 aromatic heterocycles. The van der Waals surface area contributed by atoms with E-state index in [-0.39, 0.29) is 5.54 Å². The van der Waals surface area contributed by atoms with E-state index in [0.29, 0.717) is 5.92 Å². The molecule has 0 saturated heterocycles. The van der Waals surface area contributed by atoms with Crippen molar-refractivity contribution in [2.24, 2.45) is 11.7 Å². The van der Waals surface area contributed by atoms with Crippen molar-refractivity contribution in [2.75, 3.05) is 17.6 Å². The minimum absolute atomic E-state index is 0.0747. The van der Waals surface area contributed by atoms with Gasteiger partial charge in [-0.1, -0.05) is 50.8 Å². The summed E-state index contributed by atoms with van der Waals surface area (Å²) in [5.74, 6) is 0.706. The molecule has 1 fully saturated rings. The Labute approximate surface area is 214 Å². The zero-order valence-corrected chi connectivity index (χ0v) is 22.0. The lowest BCUT2D eigenvalue weighted by atomic mass is 9.78. The van der Waals surface area contributed by atoms with Gasteiger partial charge >= 0.3 is 0 Å². The number of nitrogens with two attached hydrogens (primary N) is 2. The van der Waals surface area contributed by atoms with E-state index >= 15 is 0 Å². The number of aryl methyl sites for hydroxylation is 2. The topological polar surface area (TPSA) is 80.8 Å². The van der Waals surface area contributed by atoms with Crippen LogP contribution in [0.3, 0.4) is 0 Å². The van der Waals surface area contributed by atoms with Crippen LogP contribution in [0.15, 0.2) is 54.6 Å². The van der Waals surface area contributed by atoms with Gasteiger partial charge in [0.15, 0.2) is 0 Å². The van der Waals surface area contributed by atoms with Gasteiger partial charge in [-0.3, -0.25) is 0 Å². The van der Waals surface area contributed by atoms with E-state index < -0.39 is 0 Å². The predicted octanol–water partition coefficient (Wildman–Crippen LogP) is 6.35. The largest absolute Gasteiger partial charge is 0.398 e. The third-order valence-corrected chi connectivity index (χ3v) is 7.99. The minimum atomic E-state index is -0.0747. The number of benzene rings is 3. The minimum Gasteiger partial charge on any atom is -0.398 e. The molecular formula is C31H40N5+. The molecule has 5 heteroatoms. The number of nitrogens with zero attached hydrogens (tertiary/aromatic N) is 2. The molecule has 1 saturated carbocycles. The second kappa shape index (κ2) is 10.1. The molecule has 5 nitrogen and oxygen atoms in total. The molecule has 3 aromatic carbocycles. The highest BCUT2D eigenvalue weighted by atomic mass is 15.0. The first-order valence-electron chi connectivity index (χ1n) is 13.5. The van der Waals surface area contributed by atoms with E-state index in [4.69, 9.17) is 16.5 Å². The van der Waals surface area contributed by atoms with Crippen LogP contribution in [0.5, 0.6) is 0 Å². The molecule has 36 heavy (non-hydrogen) atoms. The molecule has 1 heterocycles. The summed E-state index contributed by atoms with van der Waals surface area (Å²) in [4.78, 5) is 5.04. The number of anilines is 2. The van der Waals surface area contributed by atoms with E-state index in [1.165, 1.54) is 31.2 Å². The number of hydrogen-bond donors (Lipinski definition) is 3. The van der Waals surface area contributed by atoms with Crippen LogP contribution in [-0.2, 0) is 0 Å². The number of nitrogen functional groups attached to an aromatic ring is 1. The Morgan fingerprint density at radius 1 is 0.972 bits per heavy atom. The summed E-state index contributed by atoms with van der Waals surface area (Å²) in [6.45, 7) is 7.42. The van der Waals surface area contributed by atoms with Crippen LogP contribution in [-0.4, -0.2) is 17.1 Å². The summed E-state index contributed by atoms with van der Waals surface area (Å²) >= 11 is 0. The Hall–Kier alpha value is -3.18. The highest BCUT2D eigenvalue weighted by Crippen LogP contribution is 2.31. The molecule has 1 aliphatic rings. The lowest BCUT2D eigenvalue weighted by molar-refractivity contribution is -0.538. The zero-order chi connectivity index (χ0) is 25.3. The predicted molar refractivity (Wildman–Crippen MR) is 152 cm³/mol. The molecule has 1 aliphatic carbocycles. The monoisotopic (exact) mass is 482 g/mol. The summed E-state index contributed by atoms with van der Waals surface area (Å²) in [6, 6.07) is 19.0. The molecule has 5 rings (SSSR count). The van der Waals surface area contributed by atoms with Crippen LogP contribution in [0.25, 0.3) is 27.8 Å². The normalized spacial score (nSPS) is 20.8. The van der Waals surface area contributed by atoms with Gasteiger partial charge in [0, 0.05) is 47.7 Å². The maximum Gasteiger partial charge on any atom is 0.239 e. The fourth-order valence-corrected chi connectivity index (χ4v) is 5.94. The molecule has 2 atom stereocenters. The van der Waals surface area contributed by atoms with Crippen LogP contribution in [0.4, 0.5) is 11.4 Å². The highest BCUT2D eigenvalue weighted by Gasteiger charge is 2.28. The van der Waals surface area contributed by atoms with Crippen molar-refractivity contribution < 1.29 is 4.57 Å². The second-order valence-electron chi connectivity index (χ2n) is 11.1. The van der Waals surface area contributed by atoms with E-state index in [1.54, 1.807) is 0 Å². The Kier molecular flexibility index (Phi) is 6.85. The van der Waals surface area contributed by atoms with Crippen molar-refractivity contribution in [3.8, 4) is 5.69 Å². The molecule has 0 amide bonds. The first kappa shape index (κ1) is 24.5. The van der Waals surface area contributed by atoms with E-state index in [2.05, 4.69) is 66.2 Å². The summed E-state index contributed by atoms with van der Waals surface area (Å²) in [5.41, 5.74) is 22.4. The summed E-state index contributed by atoms with van der Waals surface area (Å²) in [6.07, 6.45) is 8.44. The first-order chi connectivity index (χ1) is 17.3. The number of aromatic nitrogens is 2. The Bertz CT molecular complexity index is 1380. The van der Waals surface area contributed by atoms with Crippen molar-refractivity contribution in [3.63, 3.8) is 0 Å². The van der Waals surface area contributed by atoms with Crippen LogP contribution in [0, 0.1) is 19.8 Å². The van der Waals surface area contributed by atoms with E-state index in [0.717, 1.165) is 70.5 Å². The smallest absolute Gasteiger partial charge is 0.239 e. The fraction of sp³-hybridized carbons (Fsp3) is 0.419. The summed E-state index contributed by atoms with van der Waals surface area (Å²) < 4.78 is 2.28. The number of fused-ring (bicyclic) bond motifs is 2. The highest BCUT2D eigenvalue weighted by molar-refractivity contribution is 5.87. The number of hydrogen-bond acceptors (Lipinski definition) is 4. The van der Waals surface area contributed by atoms with Crippen LogP contribution in [0.1, 0.15) is 63.0 Å². The number of rotatable bonds is 5. The Morgan fingerprint density at radius 2 is 1.69 bits per heavy atom. The fourth-order valence-electron chi connectivity index (χ4n) is 5.94. The van der Waals surface area contributed by atoms with Gasteiger partial charge in [0.1, 0.15) is 11.0 Å². The molecule has 0 aliphatic heterocycles. The van der Waals surface area contributed by atoms with Gasteiger partial charge in [-0.25, -0.2) is 4.98 Å². The van der Waals surface area contributed by atoms with Crippen molar-refractivity contribution in [3.05, 3.63) is 65.7 Å². The van der Waals surface area contributed by atoms with Crippen LogP contribution < -0.4 is 21.4 Å². The van der Waals surface area contributed by atoms with Gasteiger partial charge in [-0.2, -0.15) is 0 Å². The van der Waals surface area contributed by atoms with Crippen molar-refractivity contribution in [1.82, 2.24) is 4.98 Å². The lowest BCUT2D eigenvalue weighted by Crippen LogP contribution is -2.43. The quantitative estimate of drug-likeness (QED) is 0.176. The van der Waals surface area contributed by atoms with Crippen molar-refractivity contribution >= 4 is 33.4 Å². The van der Waals surface area contributed by atoms with Gasteiger partial charge in [-0.15, -0.1) is 4.57 Å². The average molecular weight is 483 g/mol. The van der Waals surface area contributed by atoms with Gasteiger partial charge in [-0.05, 0) is 62.3 Å². The van der Waals surface area contributed by atoms with Crippen molar-refractivity contribution in [1.29, 1.82) is 0 Å². The van der Waals surface area contributed by atoms with Gasteiger partial charge in [0.2, 0.25) is 16.7 Å². The van der Waals surface area contributed by atoms with Gasteiger partial charge in [0.25, 0.3) is 0 Å². The SMILES string of the molecule is Cc1cc2nc3cc(C)c(NCCC4(N)CCCCCC(C)C4)cc3[n+](-c3ccccc3)c2cc1N. The molecule has 0 radical (unpaired) electrons. The van der Waals surface area contributed by atoms with Crippen molar-refractivity contribution in [2.45, 2.75) is 71.3 Å². The van der Waals surface area contributed by atoms with E-state index in [9.17, 15) is 0 Å². The number of nitrogens with one attached hydrogen (secondary N) is 1. The summed E-state index contributed by atoms with van der Waals surface area (Å²) in [7, 11) is 0. The third kappa shape index (κ3) is 5.03. The third-order valence-electron chi connectivity index (χ3n) is 7.99. The van der Waals surface area contributed by atoms with Gasteiger partial charge in [0.05, 0.1) is 0 Å². The van der Waals surface area contributed by atoms with Crippen LogP contribution >= 0.6 is 0 Å². The molecule has 0 bridgehead atoms. The molecule has 0 spiro atoms. The molecular weight excluding hydrogens is 442 g/mol. The van der Waals surface area contributed by atoms with Gasteiger partial charge < -0.3 is 16.8 Å². The van der Waals surface area contributed by atoms with Crippen LogP contribution in [0.2, 0.25) is 0 Å². The second-order valence-corrected chi connectivity index (χ2v) is 11.1.